The van der Waals surface area contributed by atoms with Crippen LogP contribution >= 0.6 is 0 Å². The van der Waals surface area contributed by atoms with Gasteiger partial charge in [-0.25, -0.2) is 0 Å². The van der Waals surface area contributed by atoms with Crippen LogP contribution in [0.4, 0.5) is 0 Å². The molecule has 6 atom stereocenters. The number of hydrogen-bond acceptors (Lipinski definition) is 6. The van der Waals surface area contributed by atoms with E-state index in [4.69, 9.17) is 18.9 Å². The van der Waals surface area contributed by atoms with Crippen molar-refractivity contribution in [3.05, 3.63) is 71.8 Å². The Balaban J connectivity index is 1.61. The second-order valence-corrected chi connectivity index (χ2v) is 6.44. The summed E-state index contributed by atoms with van der Waals surface area (Å²) in [5, 5.41) is 20.6. The lowest BCUT2D eigenvalue weighted by atomic mass is 10.0. The van der Waals surface area contributed by atoms with Crippen LogP contribution in [0.25, 0.3) is 0 Å². The van der Waals surface area contributed by atoms with E-state index in [1.54, 1.807) is 0 Å². The molecule has 2 bridgehead atoms. The molecule has 2 aliphatic heterocycles. The molecule has 26 heavy (non-hydrogen) atoms. The maximum Gasteiger partial charge on any atom is 0.184 e. The molecule has 6 nitrogen and oxygen atoms in total. The third-order valence-corrected chi connectivity index (χ3v) is 4.70. The molecule has 2 unspecified atom stereocenters. The highest BCUT2D eigenvalue weighted by molar-refractivity contribution is 5.18. The Hall–Kier alpha value is -1.80. The fourth-order valence-electron chi connectivity index (χ4n) is 3.31. The number of aliphatic hydroxyl groups is 2. The molecule has 0 amide bonds. The Morgan fingerprint density at radius 2 is 1.42 bits per heavy atom. The van der Waals surface area contributed by atoms with Crippen molar-refractivity contribution >= 4 is 0 Å². The Bertz CT molecular complexity index is 692. The van der Waals surface area contributed by atoms with Gasteiger partial charge >= 0.3 is 0 Å². The molecule has 6 heteroatoms. The van der Waals surface area contributed by atoms with E-state index in [1.165, 1.54) is 0 Å². The van der Waals surface area contributed by atoms with Crippen LogP contribution in [0.5, 0.6) is 0 Å². The molecule has 0 saturated carbocycles. The van der Waals surface area contributed by atoms with E-state index in [-0.39, 0.29) is 13.2 Å². The van der Waals surface area contributed by atoms with Crippen molar-refractivity contribution in [2.45, 2.75) is 37.0 Å². The Morgan fingerprint density at radius 1 is 0.808 bits per heavy atom. The lowest BCUT2D eigenvalue weighted by Crippen LogP contribution is -2.45. The maximum atomic E-state index is 10.8. The van der Waals surface area contributed by atoms with Crippen LogP contribution < -0.4 is 0 Å². The average Bonchev–Trinajstić information content (AvgIpc) is 2.94. The minimum atomic E-state index is -0.977. The summed E-state index contributed by atoms with van der Waals surface area (Å²) >= 11 is 0. The highest BCUT2D eigenvalue weighted by Gasteiger charge is 2.45. The summed E-state index contributed by atoms with van der Waals surface area (Å²) in [6, 6.07) is 18.9. The van der Waals surface area contributed by atoms with E-state index in [1.807, 2.05) is 60.7 Å². The number of benzene rings is 2. The van der Waals surface area contributed by atoms with Crippen molar-refractivity contribution in [2.24, 2.45) is 0 Å². The van der Waals surface area contributed by atoms with E-state index < -0.39 is 37.0 Å². The second-order valence-electron chi connectivity index (χ2n) is 6.44. The Morgan fingerprint density at radius 3 is 2.04 bits per heavy atom. The lowest BCUT2D eigenvalue weighted by Gasteiger charge is -2.29. The number of fused-ring (bicyclic) bond motifs is 2. The van der Waals surface area contributed by atoms with Crippen LogP contribution in [-0.4, -0.2) is 47.8 Å². The summed E-state index contributed by atoms with van der Waals surface area (Å²) in [5.74, 6) is 0. The van der Waals surface area contributed by atoms with Crippen LogP contribution in [0.2, 0.25) is 0 Å². The molecule has 2 heterocycles. The standard InChI is InChI=1S/C20H22O6/c21-11-15-18-17(22)16(25-20(24-15)14-9-5-2-6-10-14)12-23-19(26-18)13-7-3-1-4-8-13/h1-10,15-22H,11-12H2/t15-,16+,17+,18+,19?,20?/m1/s1. The van der Waals surface area contributed by atoms with Gasteiger partial charge in [-0.1, -0.05) is 60.7 Å². The van der Waals surface area contributed by atoms with Gasteiger partial charge in [0.1, 0.15) is 24.4 Å². The zero-order valence-corrected chi connectivity index (χ0v) is 14.2. The third kappa shape index (κ3) is 3.53. The predicted octanol–water partition coefficient (Wildman–Crippen LogP) is 1.94. The van der Waals surface area contributed by atoms with Gasteiger partial charge in [-0.2, -0.15) is 0 Å². The van der Waals surface area contributed by atoms with Gasteiger partial charge < -0.3 is 29.2 Å². The lowest BCUT2D eigenvalue weighted by molar-refractivity contribution is -0.249. The van der Waals surface area contributed by atoms with Gasteiger partial charge in [0.05, 0.1) is 13.2 Å². The zero-order chi connectivity index (χ0) is 17.9. The number of hydrogen-bond donors (Lipinski definition) is 2. The summed E-state index contributed by atoms with van der Waals surface area (Å²) in [7, 11) is 0. The largest absolute Gasteiger partial charge is 0.394 e. The van der Waals surface area contributed by atoms with Gasteiger partial charge in [0.2, 0.25) is 0 Å². The van der Waals surface area contributed by atoms with Crippen LogP contribution in [0.15, 0.2) is 60.7 Å². The van der Waals surface area contributed by atoms with Crippen molar-refractivity contribution in [1.82, 2.24) is 0 Å². The minimum Gasteiger partial charge on any atom is -0.394 e. The fraction of sp³-hybridized carbons (Fsp3) is 0.400. The SMILES string of the molecule is OC[C@H]1OC(c2ccccc2)O[C@H]2COC(c3ccccc3)O[C@@H]1[C@H]2O. The van der Waals surface area contributed by atoms with E-state index in [2.05, 4.69) is 0 Å². The predicted molar refractivity (Wildman–Crippen MR) is 92.0 cm³/mol. The van der Waals surface area contributed by atoms with Crippen molar-refractivity contribution in [3.63, 3.8) is 0 Å². The molecule has 2 aliphatic rings. The van der Waals surface area contributed by atoms with Crippen molar-refractivity contribution in [3.8, 4) is 0 Å². The first kappa shape index (κ1) is 17.6. The summed E-state index contributed by atoms with van der Waals surface area (Å²) in [6.45, 7) is -0.148. The topological polar surface area (TPSA) is 77.4 Å². The summed E-state index contributed by atoms with van der Waals surface area (Å²) in [5.41, 5.74) is 1.64. The van der Waals surface area contributed by atoms with Gasteiger partial charge in [0.25, 0.3) is 0 Å². The molecule has 2 N–H and O–H groups in total. The van der Waals surface area contributed by atoms with Crippen molar-refractivity contribution in [2.75, 3.05) is 13.2 Å². The molecular formula is C20H22O6. The van der Waals surface area contributed by atoms with Gasteiger partial charge in [-0.15, -0.1) is 0 Å². The van der Waals surface area contributed by atoms with Crippen LogP contribution in [0.3, 0.4) is 0 Å². The molecule has 2 aromatic carbocycles. The minimum absolute atomic E-state index is 0.155. The number of aliphatic hydroxyl groups excluding tert-OH is 2. The number of rotatable bonds is 3. The second kappa shape index (κ2) is 7.84. The summed E-state index contributed by atoms with van der Waals surface area (Å²) in [6.07, 6.45) is -4.49. The van der Waals surface area contributed by atoms with Gasteiger partial charge in [0.15, 0.2) is 12.6 Å². The molecule has 138 valence electrons. The molecule has 4 rings (SSSR count). The molecule has 2 fully saturated rings. The van der Waals surface area contributed by atoms with Crippen molar-refractivity contribution in [1.29, 1.82) is 0 Å². The van der Waals surface area contributed by atoms with Gasteiger partial charge in [-0.05, 0) is 0 Å². The zero-order valence-electron chi connectivity index (χ0n) is 14.2. The first-order chi connectivity index (χ1) is 12.8. The Labute approximate surface area is 151 Å². The first-order valence-electron chi connectivity index (χ1n) is 8.73. The summed E-state index contributed by atoms with van der Waals surface area (Å²) in [4.78, 5) is 0. The van der Waals surface area contributed by atoms with Gasteiger partial charge in [-0.3, -0.25) is 0 Å². The maximum absolute atomic E-state index is 10.8. The van der Waals surface area contributed by atoms with Crippen LogP contribution in [0.1, 0.15) is 23.7 Å². The van der Waals surface area contributed by atoms with Crippen LogP contribution in [0, 0.1) is 0 Å². The van der Waals surface area contributed by atoms with E-state index in [0.29, 0.717) is 0 Å². The Kier molecular flexibility index (Phi) is 5.31. The van der Waals surface area contributed by atoms with Gasteiger partial charge in [0, 0.05) is 11.1 Å². The third-order valence-electron chi connectivity index (χ3n) is 4.70. The van der Waals surface area contributed by atoms with Crippen LogP contribution in [-0.2, 0) is 18.9 Å². The number of ether oxygens (including phenoxy) is 4. The van der Waals surface area contributed by atoms with Crippen molar-refractivity contribution < 1.29 is 29.2 Å². The quantitative estimate of drug-likeness (QED) is 0.873. The highest BCUT2D eigenvalue weighted by Crippen LogP contribution is 2.36. The molecule has 0 aliphatic carbocycles. The van der Waals surface area contributed by atoms with E-state index in [0.717, 1.165) is 11.1 Å². The van der Waals surface area contributed by atoms with E-state index >= 15 is 0 Å². The molecular weight excluding hydrogens is 336 g/mol. The highest BCUT2D eigenvalue weighted by atomic mass is 16.7. The fourth-order valence-corrected chi connectivity index (χ4v) is 3.31. The molecule has 0 aromatic heterocycles. The monoisotopic (exact) mass is 358 g/mol. The summed E-state index contributed by atoms with van der Waals surface area (Å²) < 4.78 is 23.8. The molecule has 2 saturated heterocycles. The molecule has 0 spiro atoms. The average molecular weight is 358 g/mol. The molecule has 2 aromatic rings. The molecule has 0 radical (unpaired) electrons. The van der Waals surface area contributed by atoms with E-state index in [9.17, 15) is 10.2 Å². The normalized spacial score (nSPS) is 34.7. The smallest absolute Gasteiger partial charge is 0.184 e. The first-order valence-corrected chi connectivity index (χ1v) is 8.73.